The van der Waals surface area contributed by atoms with Gasteiger partial charge in [-0.2, -0.15) is 0 Å². The molecule has 2 aromatic carbocycles. The molecule has 0 spiro atoms. The van der Waals surface area contributed by atoms with E-state index in [1.807, 2.05) is 26.0 Å². The van der Waals surface area contributed by atoms with Crippen molar-refractivity contribution in [3.8, 4) is 11.1 Å². The lowest BCUT2D eigenvalue weighted by Gasteiger charge is -2.34. The van der Waals surface area contributed by atoms with E-state index in [4.69, 9.17) is 16.3 Å². The molecule has 230 valence electrons. The van der Waals surface area contributed by atoms with Crippen LogP contribution in [0.4, 0.5) is 25.0 Å². The van der Waals surface area contributed by atoms with Crippen molar-refractivity contribution in [1.29, 1.82) is 0 Å². The summed E-state index contributed by atoms with van der Waals surface area (Å²) in [4.78, 5) is 42.3. The minimum absolute atomic E-state index is 0.168. The molecule has 44 heavy (non-hydrogen) atoms. The minimum Gasteiger partial charge on any atom is -0.453 e. The van der Waals surface area contributed by atoms with E-state index in [9.17, 15) is 23.2 Å². The van der Waals surface area contributed by atoms with Gasteiger partial charge < -0.3 is 15.0 Å². The molecule has 7 nitrogen and oxygen atoms in total. The Labute approximate surface area is 263 Å². The quantitative estimate of drug-likeness (QED) is 0.280. The Morgan fingerprint density at radius 2 is 1.93 bits per heavy atom. The maximum atomic E-state index is 14.8. The van der Waals surface area contributed by atoms with Crippen LogP contribution in [-0.4, -0.2) is 36.5 Å². The van der Waals surface area contributed by atoms with Crippen molar-refractivity contribution >= 4 is 63.4 Å². The van der Waals surface area contributed by atoms with E-state index < -0.39 is 17.7 Å². The molecule has 2 N–H and O–H groups in total. The maximum absolute atomic E-state index is 14.8. The molecule has 3 aromatic rings. The number of hydrogen-bond acceptors (Lipinski definition) is 5. The molecule has 2 bridgehead atoms. The van der Waals surface area contributed by atoms with Gasteiger partial charge in [-0.05, 0) is 67.7 Å². The molecule has 0 radical (unpaired) electrons. The normalized spacial score (nSPS) is 18.8. The molecule has 0 unspecified atom stereocenters. The second-order valence-electron chi connectivity index (χ2n) is 11.1. The first kappa shape index (κ1) is 31.4. The van der Waals surface area contributed by atoms with E-state index in [0.29, 0.717) is 30.6 Å². The Kier molecular flexibility index (Phi) is 9.22. The van der Waals surface area contributed by atoms with Gasteiger partial charge in [0.1, 0.15) is 5.82 Å². The summed E-state index contributed by atoms with van der Waals surface area (Å²) in [6, 6.07) is 9.18. The highest BCUT2D eigenvalue weighted by Gasteiger charge is 2.32. The predicted octanol–water partition coefficient (Wildman–Crippen LogP) is 8.67. The molecule has 1 aromatic heterocycles. The van der Waals surface area contributed by atoms with Crippen molar-refractivity contribution in [2.24, 2.45) is 5.92 Å². The summed E-state index contributed by atoms with van der Waals surface area (Å²) in [7, 11) is 1.27. The largest absolute Gasteiger partial charge is 0.453 e. The Morgan fingerprint density at radius 3 is 2.64 bits per heavy atom. The molecule has 2 atom stereocenters. The van der Waals surface area contributed by atoms with E-state index in [1.54, 1.807) is 17.0 Å². The third-order valence-corrected chi connectivity index (χ3v) is 9.66. The standard InChI is InChI=1S/C33H32ClF2N3O4S/c1-17(2)31-22-16-27(44-31)26(39-13-12-19(14-28(39)40)29-24(35)11-10-23(34)30(29)36)7-5-6-18(3)32(41)38-25-15-20(8-9-21(22)25)37-33(42)43-4/h8-11,14-16,18,26H,1,5-7,12-13H2,2-4H3,(H,37,42)(H,38,41)/t18-,26+/m1/s1. The van der Waals surface area contributed by atoms with Gasteiger partial charge in [0, 0.05) is 45.1 Å². The summed E-state index contributed by atoms with van der Waals surface area (Å²) in [5.41, 5.74) is 3.35. The number of methoxy groups -OCH3 is 1. The van der Waals surface area contributed by atoms with Crippen LogP contribution in [0.5, 0.6) is 0 Å². The molecular formula is C33H32ClF2N3O4S. The number of amides is 3. The average Bonchev–Trinajstić information content (AvgIpc) is 3.43. The number of halogens is 3. The molecule has 2 aliphatic heterocycles. The lowest BCUT2D eigenvalue weighted by atomic mass is 9.93. The molecule has 0 saturated carbocycles. The van der Waals surface area contributed by atoms with Gasteiger partial charge in [-0.15, -0.1) is 11.3 Å². The first-order valence-corrected chi connectivity index (χ1v) is 15.4. The fraction of sp³-hybridized carbons (Fsp3) is 0.303. The van der Waals surface area contributed by atoms with E-state index in [2.05, 4.69) is 17.2 Å². The van der Waals surface area contributed by atoms with E-state index in [-0.39, 0.29) is 52.9 Å². The SMILES string of the molecule is C=C(C)c1sc2cc1-c1ccc(NC(=O)OC)cc1NC(=O)[C@H](C)CCC[C@@H]2N1CCC(c2c(F)ccc(Cl)c2F)=CC1=O. The van der Waals surface area contributed by atoms with Gasteiger partial charge in [-0.25, -0.2) is 13.6 Å². The van der Waals surface area contributed by atoms with E-state index in [1.165, 1.54) is 24.5 Å². The van der Waals surface area contributed by atoms with Crippen molar-refractivity contribution in [1.82, 2.24) is 4.90 Å². The number of anilines is 2. The minimum atomic E-state index is -0.880. The zero-order valence-electron chi connectivity index (χ0n) is 24.6. The number of nitrogens with one attached hydrogen (secondary N) is 2. The molecule has 0 aliphatic carbocycles. The van der Waals surface area contributed by atoms with Crippen LogP contribution in [0, 0.1) is 17.6 Å². The Hall–Kier alpha value is -4.02. The second-order valence-corrected chi connectivity index (χ2v) is 12.5. The lowest BCUT2D eigenvalue weighted by Crippen LogP contribution is -2.37. The van der Waals surface area contributed by atoms with Crippen LogP contribution in [0.25, 0.3) is 22.3 Å². The second kappa shape index (κ2) is 12.9. The third kappa shape index (κ3) is 6.27. The molecule has 3 heterocycles. The topological polar surface area (TPSA) is 87.7 Å². The lowest BCUT2D eigenvalue weighted by molar-refractivity contribution is -0.129. The number of hydrogen-bond donors (Lipinski definition) is 2. The number of benzene rings is 2. The first-order valence-electron chi connectivity index (χ1n) is 14.2. The van der Waals surface area contributed by atoms with Crippen LogP contribution < -0.4 is 10.6 Å². The van der Waals surface area contributed by atoms with Gasteiger partial charge in [0.15, 0.2) is 5.82 Å². The summed E-state index contributed by atoms with van der Waals surface area (Å²) in [5, 5.41) is 5.47. The van der Waals surface area contributed by atoms with E-state index in [0.717, 1.165) is 38.6 Å². The number of carbonyl (C=O) groups excluding carboxylic acids is 3. The van der Waals surface area contributed by atoms with Gasteiger partial charge in [0.2, 0.25) is 11.8 Å². The maximum Gasteiger partial charge on any atom is 0.411 e. The fourth-order valence-corrected chi connectivity index (χ4v) is 7.06. The third-order valence-electron chi connectivity index (χ3n) is 7.97. The van der Waals surface area contributed by atoms with Crippen molar-refractivity contribution in [2.75, 3.05) is 24.3 Å². The van der Waals surface area contributed by atoms with Crippen LogP contribution in [0.2, 0.25) is 5.02 Å². The average molecular weight is 640 g/mol. The Morgan fingerprint density at radius 1 is 1.16 bits per heavy atom. The van der Waals surface area contributed by atoms with Crippen LogP contribution in [0.1, 0.15) is 60.9 Å². The summed E-state index contributed by atoms with van der Waals surface area (Å²) < 4.78 is 34.1. The van der Waals surface area contributed by atoms with E-state index >= 15 is 0 Å². The summed E-state index contributed by atoms with van der Waals surface area (Å²) in [6.07, 6.45) is 2.74. The van der Waals surface area contributed by atoms with Crippen molar-refractivity contribution in [2.45, 2.75) is 45.6 Å². The van der Waals surface area contributed by atoms with Crippen molar-refractivity contribution in [3.05, 3.63) is 81.0 Å². The van der Waals surface area contributed by atoms with Gasteiger partial charge in [-0.1, -0.05) is 37.6 Å². The van der Waals surface area contributed by atoms with Gasteiger partial charge in [-0.3, -0.25) is 14.9 Å². The number of fused-ring (bicyclic) bond motifs is 4. The smallest absolute Gasteiger partial charge is 0.411 e. The van der Waals surface area contributed by atoms with Crippen LogP contribution >= 0.6 is 22.9 Å². The van der Waals surface area contributed by atoms with Crippen LogP contribution in [0.15, 0.2) is 49.1 Å². The number of allylic oxidation sites excluding steroid dienone is 1. The zero-order chi connectivity index (χ0) is 31.7. The molecule has 0 saturated heterocycles. The van der Waals surface area contributed by atoms with Crippen LogP contribution in [-0.2, 0) is 14.3 Å². The fourth-order valence-electron chi connectivity index (χ4n) is 5.66. The van der Waals surface area contributed by atoms with Gasteiger partial charge >= 0.3 is 6.09 Å². The van der Waals surface area contributed by atoms with Gasteiger partial charge in [0.05, 0.1) is 29.4 Å². The highest BCUT2D eigenvalue weighted by molar-refractivity contribution is 7.13. The number of nitrogens with zero attached hydrogens (tertiary/aromatic N) is 1. The monoisotopic (exact) mass is 639 g/mol. The van der Waals surface area contributed by atoms with Crippen molar-refractivity contribution in [3.63, 3.8) is 0 Å². The van der Waals surface area contributed by atoms with Crippen molar-refractivity contribution < 1.29 is 27.9 Å². The number of rotatable bonds is 4. The Balaban J connectivity index is 1.58. The summed E-state index contributed by atoms with van der Waals surface area (Å²) >= 11 is 7.44. The number of carbonyl (C=O) groups is 3. The predicted molar refractivity (Wildman–Crippen MR) is 171 cm³/mol. The summed E-state index contributed by atoms with van der Waals surface area (Å²) in [5.74, 6) is -2.49. The highest BCUT2D eigenvalue weighted by atomic mass is 35.5. The zero-order valence-corrected chi connectivity index (χ0v) is 26.1. The summed E-state index contributed by atoms with van der Waals surface area (Å²) in [6.45, 7) is 8.19. The molecule has 11 heteroatoms. The molecule has 0 fully saturated rings. The first-order chi connectivity index (χ1) is 21.0. The number of ether oxygens (including phenoxy) is 1. The molecule has 3 amide bonds. The Bertz CT molecular complexity index is 1700. The molecule has 5 rings (SSSR count). The highest BCUT2D eigenvalue weighted by Crippen LogP contribution is 2.45. The van der Waals surface area contributed by atoms with Crippen LogP contribution in [0.3, 0.4) is 0 Å². The molecular weight excluding hydrogens is 608 g/mol. The molecule has 2 aliphatic rings. The number of thiophene rings is 1. The van der Waals surface area contributed by atoms with Gasteiger partial charge in [0.25, 0.3) is 0 Å².